The van der Waals surface area contributed by atoms with Crippen LogP contribution < -0.4 is 16.0 Å². The minimum absolute atomic E-state index is 0.108. The molecule has 0 saturated carbocycles. The first-order chi connectivity index (χ1) is 17.4. The third kappa shape index (κ3) is 13.8. The maximum atomic E-state index is 11.0. The Morgan fingerprint density at radius 3 is 2.19 bits per heavy atom. The zero-order valence-corrected chi connectivity index (χ0v) is 23.7. The second-order valence-corrected chi connectivity index (χ2v) is 12.5. The number of aromatic nitrogens is 1. The second-order valence-electron chi connectivity index (χ2n) is 9.90. The van der Waals surface area contributed by atoms with E-state index in [0.717, 1.165) is 41.8 Å². The third-order valence-electron chi connectivity index (χ3n) is 6.74. The molecule has 36 heavy (non-hydrogen) atoms. The number of hydrogen-bond donors (Lipinski definition) is 3. The van der Waals surface area contributed by atoms with Gasteiger partial charge in [0.15, 0.2) is 5.13 Å². The third-order valence-corrected chi connectivity index (χ3v) is 8.49. The van der Waals surface area contributed by atoms with Crippen LogP contribution in [0.4, 0.5) is 5.13 Å². The minimum atomic E-state index is -3.83. The summed E-state index contributed by atoms with van der Waals surface area (Å²) in [6.45, 7) is 2.97. The van der Waals surface area contributed by atoms with Crippen LogP contribution in [0.15, 0.2) is 18.2 Å². The fraction of sp³-hybridized carbons (Fsp3) is 0.741. The molecule has 1 unspecified atom stereocenters. The predicted octanol–water partition coefficient (Wildman–Crippen LogP) is 7.73. The summed E-state index contributed by atoms with van der Waals surface area (Å²) < 4.78 is 37.9. The first-order valence-electron chi connectivity index (χ1n) is 13.9. The SMILES string of the molecule is CCCCCCCCC(CCCCCCCOc1ccc2nc(NN)sc2c1)CCCCS(=O)(=O)O. The molecule has 1 aromatic heterocycles. The molecule has 1 heterocycles. The van der Waals surface area contributed by atoms with Crippen molar-refractivity contribution < 1.29 is 17.7 Å². The van der Waals surface area contributed by atoms with E-state index in [1.54, 1.807) is 0 Å². The van der Waals surface area contributed by atoms with Crippen molar-refractivity contribution in [2.75, 3.05) is 17.8 Å². The molecule has 0 aliphatic carbocycles. The van der Waals surface area contributed by atoms with Gasteiger partial charge in [0, 0.05) is 0 Å². The standard InChI is InChI=1S/C27H47N3O4S2/c1-2-3-4-5-7-10-15-23(17-12-14-21-36(31,32)33)16-11-8-6-9-13-20-34-24-18-19-25-26(22-24)35-27(29-25)30-28/h18-19,22-23H,2-17,20-21,28H2,1H3,(H,29,30)(H,31,32,33). The van der Waals surface area contributed by atoms with Crippen LogP contribution >= 0.6 is 11.3 Å². The summed E-state index contributed by atoms with van der Waals surface area (Å²) in [6.07, 6.45) is 18.8. The van der Waals surface area contributed by atoms with Crippen molar-refractivity contribution in [3.05, 3.63) is 18.2 Å². The molecule has 0 saturated heterocycles. The molecule has 0 aliphatic rings. The summed E-state index contributed by atoms with van der Waals surface area (Å²) in [7, 11) is -3.83. The number of hydrazine groups is 1. The van der Waals surface area contributed by atoms with Gasteiger partial charge < -0.3 is 4.74 Å². The molecular formula is C27H47N3O4S2. The molecule has 1 atom stereocenters. The van der Waals surface area contributed by atoms with Crippen LogP contribution in [-0.2, 0) is 10.1 Å². The highest BCUT2D eigenvalue weighted by molar-refractivity contribution is 7.85. The quantitative estimate of drug-likeness (QED) is 0.0604. The Morgan fingerprint density at radius 1 is 0.944 bits per heavy atom. The zero-order valence-electron chi connectivity index (χ0n) is 22.1. The molecule has 9 heteroatoms. The molecule has 2 aromatic rings. The predicted molar refractivity (Wildman–Crippen MR) is 152 cm³/mol. The van der Waals surface area contributed by atoms with E-state index in [-0.39, 0.29) is 5.75 Å². The highest BCUT2D eigenvalue weighted by atomic mass is 32.2. The lowest BCUT2D eigenvalue weighted by atomic mass is 9.90. The molecule has 1 aromatic carbocycles. The van der Waals surface area contributed by atoms with E-state index in [4.69, 9.17) is 15.1 Å². The van der Waals surface area contributed by atoms with Gasteiger partial charge in [-0.2, -0.15) is 8.42 Å². The largest absolute Gasteiger partial charge is 0.494 e. The minimum Gasteiger partial charge on any atom is -0.494 e. The van der Waals surface area contributed by atoms with Crippen LogP contribution in [0, 0.1) is 5.92 Å². The van der Waals surface area contributed by atoms with Crippen LogP contribution in [0.5, 0.6) is 5.75 Å². The average molecular weight is 542 g/mol. The highest BCUT2D eigenvalue weighted by Crippen LogP contribution is 2.29. The first kappa shape index (κ1) is 30.8. The molecule has 0 bridgehead atoms. The van der Waals surface area contributed by atoms with Crippen molar-refractivity contribution in [3.63, 3.8) is 0 Å². The molecule has 0 spiro atoms. The van der Waals surface area contributed by atoms with Gasteiger partial charge in [-0.3, -0.25) is 9.98 Å². The molecule has 206 valence electrons. The monoisotopic (exact) mass is 541 g/mol. The summed E-state index contributed by atoms with van der Waals surface area (Å²) in [4.78, 5) is 4.38. The van der Waals surface area contributed by atoms with E-state index in [1.165, 1.54) is 88.4 Å². The smallest absolute Gasteiger partial charge is 0.264 e. The van der Waals surface area contributed by atoms with Crippen molar-refractivity contribution >= 4 is 36.8 Å². The van der Waals surface area contributed by atoms with E-state index in [2.05, 4.69) is 17.3 Å². The van der Waals surface area contributed by atoms with Crippen LogP contribution in [0.2, 0.25) is 0 Å². The molecule has 0 fully saturated rings. The number of unbranched alkanes of at least 4 members (excludes halogenated alkanes) is 10. The Bertz CT molecular complexity index is 950. The Hall–Kier alpha value is -1.42. The Morgan fingerprint density at radius 2 is 1.56 bits per heavy atom. The molecule has 0 radical (unpaired) electrons. The maximum absolute atomic E-state index is 11.0. The fourth-order valence-corrected chi connectivity index (χ4v) is 6.05. The summed E-state index contributed by atoms with van der Waals surface area (Å²) in [5.74, 6) is 6.88. The van der Waals surface area contributed by atoms with Crippen molar-refractivity contribution in [2.45, 2.75) is 110 Å². The van der Waals surface area contributed by atoms with Gasteiger partial charge in [0.2, 0.25) is 0 Å². The van der Waals surface area contributed by atoms with E-state index in [9.17, 15) is 8.42 Å². The van der Waals surface area contributed by atoms with Gasteiger partial charge in [0.1, 0.15) is 5.75 Å². The number of nitrogens with zero attached hydrogens (tertiary/aromatic N) is 1. The van der Waals surface area contributed by atoms with Gasteiger partial charge in [0.25, 0.3) is 10.1 Å². The van der Waals surface area contributed by atoms with E-state index < -0.39 is 10.1 Å². The van der Waals surface area contributed by atoms with Gasteiger partial charge >= 0.3 is 0 Å². The zero-order chi connectivity index (χ0) is 26.1. The number of nitrogens with one attached hydrogen (secondary N) is 1. The molecular weight excluding hydrogens is 494 g/mol. The average Bonchev–Trinajstić information content (AvgIpc) is 3.27. The van der Waals surface area contributed by atoms with Crippen molar-refractivity contribution in [2.24, 2.45) is 11.8 Å². The number of ether oxygens (including phenoxy) is 1. The van der Waals surface area contributed by atoms with E-state index in [0.29, 0.717) is 17.5 Å². The highest BCUT2D eigenvalue weighted by Gasteiger charge is 2.11. The summed E-state index contributed by atoms with van der Waals surface area (Å²) in [5.41, 5.74) is 3.52. The summed E-state index contributed by atoms with van der Waals surface area (Å²) >= 11 is 1.52. The lowest BCUT2D eigenvalue weighted by Gasteiger charge is -2.17. The van der Waals surface area contributed by atoms with E-state index in [1.807, 2.05) is 18.2 Å². The topological polar surface area (TPSA) is 115 Å². The van der Waals surface area contributed by atoms with Gasteiger partial charge in [-0.25, -0.2) is 10.8 Å². The van der Waals surface area contributed by atoms with Crippen LogP contribution in [0.1, 0.15) is 110 Å². The van der Waals surface area contributed by atoms with Crippen LogP contribution in [-0.4, -0.2) is 30.3 Å². The Balaban J connectivity index is 1.58. The normalized spacial score (nSPS) is 12.8. The van der Waals surface area contributed by atoms with Crippen molar-refractivity contribution in [1.82, 2.24) is 4.98 Å². The Labute approximate surface area is 222 Å². The number of nitrogens with two attached hydrogens (primary N) is 1. The molecule has 0 aliphatic heterocycles. The maximum Gasteiger partial charge on any atom is 0.264 e. The molecule has 4 N–H and O–H groups in total. The second kappa shape index (κ2) is 17.9. The van der Waals surface area contributed by atoms with Crippen LogP contribution in [0.3, 0.4) is 0 Å². The Kier molecular flexibility index (Phi) is 15.3. The fourth-order valence-electron chi connectivity index (χ4n) is 4.68. The number of nitrogen functional groups attached to an aromatic ring is 1. The number of fused-ring (bicyclic) bond motifs is 1. The number of rotatable bonds is 22. The van der Waals surface area contributed by atoms with Gasteiger partial charge in [-0.05, 0) is 37.0 Å². The van der Waals surface area contributed by atoms with Gasteiger partial charge in [-0.1, -0.05) is 108 Å². The van der Waals surface area contributed by atoms with Gasteiger partial charge in [0.05, 0.1) is 22.6 Å². The van der Waals surface area contributed by atoms with Crippen molar-refractivity contribution in [3.8, 4) is 5.75 Å². The number of benzene rings is 1. The lowest BCUT2D eigenvalue weighted by molar-refractivity contribution is 0.303. The first-order valence-corrected chi connectivity index (χ1v) is 16.3. The van der Waals surface area contributed by atoms with Crippen LogP contribution in [0.25, 0.3) is 10.2 Å². The van der Waals surface area contributed by atoms with Crippen molar-refractivity contribution in [1.29, 1.82) is 0 Å². The summed E-state index contributed by atoms with van der Waals surface area (Å²) in [5, 5.41) is 0.703. The molecule has 7 nitrogen and oxygen atoms in total. The molecule has 0 amide bonds. The van der Waals surface area contributed by atoms with Gasteiger partial charge in [-0.15, -0.1) is 0 Å². The lowest BCUT2D eigenvalue weighted by Crippen LogP contribution is -2.06. The molecule has 2 rings (SSSR count). The summed E-state index contributed by atoms with van der Waals surface area (Å²) in [6, 6.07) is 5.95. The number of thiazole rings is 1. The van der Waals surface area contributed by atoms with E-state index >= 15 is 0 Å². The number of anilines is 1. The number of hydrogen-bond acceptors (Lipinski definition) is 7.